The molecule has 1 saturated heterocycles. The molecule has 0 radical (unpaired) electrons. The molecule has 0 aliphatic carbocycles. The minimum Gasteiger partial charge on any atom is -0.374 e. The van der Waals surface area contributed by atoms with Gasteiger partial charge in [0.15, 0.2) is 0 Å². The molecule has 0 spiro atoms. The standard InChI is InChI=1S/C16H23N3O/c1-19-9-3-4-13-10-12(6-7-15(13)19)11-18-14-5-2-8-17-16(14)20/h6-7,10,14,18H,2-5,8-9,11H2,1H3,(H,17,20). The number of nitrogens with zero attached hydrogens (tertiary/aromatic N) is 1. The van der Waals surface area contributed by atoms with Crippen LogP contribution >= 0.6 is 0 Å². The first kappa shape index (κ1) is 13.4. The van der Waals surface area contributed by atoms with E-state index in [1.165, 1.54) is 23.2 Å². The van der Waals surface area contributed by atoms with E-state index in [1.807, 2.05) is 0 Å². The van der Waals surface area contributed by atoms with Crippen LogP contribution in [0, 0.1) is 0 Å². The van der Waals surface area contributed by atoms with Gasteiger partial charge < -0.3 is 15.5 Å². The summed E-state index contributed by atoms with van der Waals surface area (Å²) >= 11 is 0. The SMILES string of the molecule is CN1CCCc2cc(CNC3CCCNC3=O)ccc21. The van der Waals surface area contributed by atoms with E-state index >= 15 is 0 Å². The van der Waals surface area contributed by atoms with E-state index in [-0.39, 0.29) is 11.9 Å². The summed E-state index contributed by atoms with van der Waals surface area (Å²) in [5.41, 5.74) is 4.07. The third kappa shape index (κ3) is 2.80. The number of carbonyl (C=O) groups is 1. The molecule has 1 aromatic carbocycles. The molecule has 2 heterocycles. The Hall–Kier alpha value is -1.55. The summed E-state index contributed by atoms with van der Waals surface area (Å²) in [5.74, 6) is 0.147. The Balaban J connectivity index is 1.64. The van der Waals surface area contributed by atoms with Crippen molar-refractivity contribution >= 4 is 11.6 Å². The fraction of sp³-hybridized carbons (Fsp3) is 0.562. The van der Waals surface area contributed by atoms with Gasteiger partial charge in [-0.05, 0) is 42.9 Å². The van der Waals surface area contributed by atoms with Crippen molar-refractivity contribution < 1.29 is 4.79 Å². The van der Waals surface area contributed by atoms with Crippen LogP contribution in [0.5, 0.6) is 0 Å². The lowest BCUT2D eigenvalue weighted by Gasteiger charge is -2.28. The molecule has 1 aromatic rings. The van der Waals surface area contributed by atoms with E-state index in [1.54, 1.807) is 0 Å². The van der Waals surface area contributed by atoms with Gasteiger partial charge >= 0.3 is 0 Å². The zero-order chi connectivity index (χ0) is 13.9. The number of piperidine rings is 1. The summed E-state index contributed by atoms with van der Waals surface area (Å²) in [4.78, 5) is 14.0. The Morgan fingerprint density at radius 2 is 2.30 bits per heavy atom. The molecule has 2 aliphatic rings. The number of carbonyl (C=O) groups excluding carboxylic acids is 1. The third-order valence-corrected chi connectivity index (χ3v) is 4.33. The molecule has 4 heteroatoms. The van der Waals surface area contributed by atoms with Gasteiger partial charge in [0.1, 0.15) is 0 Å². The van der Waals surface area contributed by atoms with Crippen LogP contribution in [0.3, 0.4) is 0 Å². The van der Waals surface area contributed by atoms with Gasteiger partial charge in [0.05, 0.1) is 6.04 Å². The lowest BCUT2D eigenvalue weighted by atomic mass is 9.99. The van der Waals surface area contributed by atoms with Crippen LogP contribution in [0.15, 0.2) is 18.2 Å². The van der Waals surface area contributed by atoms with Crippen molar-refractivity contribution in [3.8, 4) is 0 Å². The molecule has 0 bridgehead atoms. The highest BCUT2D eigenvalue weighted by Gasteiger charge is 2.21. The van der Waals surface area contributed by atoms with Crippen molar-refractivity contribution in [2.45, 2.75) is 38.3 Å². The second kappa shape index (κ2) is 5.83. The van der Waals surface area contributed by atoms with E-state index in [0.717, 1.165) is 38.9 Å². The summed E-state index contributed by atoms with van der Waals surface area (Å²) in [6.45, 7) is 2.74. The minimum atomic E-state index is -0.0255. The van der Waals surface area contributed by atoms with E-state index in [2.05, 4.69) is 40.8 Å². The third-order valence-electron chi connectivity index (χ3n) is 4.33. The number of amides is 1. The summed E-state index contributed by atoms with van der Waals surface area (Å²) in [6, 6.07) is 6.65. The smallest absolute Gasteiger partial charge is 0.237 e. The molecule has 108 valence electrons. The van der Waals surface area contributed by atoms with Crippen molar-refractivity contribution in [2.24, 2.45) is 0 Å². The van der Waals surface area contributed by atoms with Gasteiger partial charge in [0, 0.05) is 32.4 Å². The quantitative estimate of drug-likeness (QED) is 0.876. The summed E-state index contributed by atoms with van der Waals surface area (Å²) in [6.07, 6.45) is 4.40. The lowest BCUT2D eigenvalue weighted by molar-refractivity contribution is -0.124. The van der Waals surface area contributed by atoms with Crippen molar-refractivity contribution in [3.63, 3.8) is 0 Å². The average molecular weight is 273 g/mol. The predicted octanol–water partition coefficient (Wildman–Crippen LogP) is 1.44. The number of anilines is 1. The molecule has 0 aromatic heterocycles. The van der Waals surface area contributed by atoms with Crippen LogP contribution in [0.4, 0.5) is 5.69 Å². The van der Waals surface area contributed by atoms with E-state index in [4.69, 9.17) is 0 Å². The summed E-state index contributed by atoms with van der Waals surface area (Å²) in [7, 11) is 2.16. The first-order valence-electron chi connectivity index (χ1n) is 7.58. The molecule has 2 aliphatic heterocycles. The molecule has 1 fully saturated rings. The number of aryl methyl sites for hydroxylation is 1. The number of rotatable bonds is 3. The Labute approximate surface area is 120 Å². The van der Waals surface area contributed by atoms with Crippen LogP contribution in [-0.4, -0.2) is 32.1 Å². The second-order valence-corrected chi connectivity index (χ2v) is 5.85. The number of hydrogen-bond donors (Lipinski definition) is 2. The predicted molar refractivity (Wildman–Crippen MR) is 80.9 cm³/mol. The summed E-state index contributed by atoms with van der Waals surface area (Å²) < 4.78 is 0. The van der Waals surface area contributed by atoms with Crippen LogP contribution in [-0.2, 0) is 17.8 Å². The summed E-state index contributed by atoms with van der Waals surface area (Å²) in [5, 5.41) is 6.30. The monoisotopic (exact) mass is 273 g/mol. The fourth-order valence-corrected chi connectivity index (χ4v) is 3.16. The Kier molecular flexibility index (Phi) is 3.92. The Bertz CT molecular complexity index is 500. The highest BCUT2D eigenvalue weighted by atomic mass is 16.2. The molecular formula is C16H23N3O. The van der Waals surface area contributed by atoms with Gasteiger partial charge in [0.2, 0.25) is 5.91 Å². The lowest BCUT2D eigenvalue weighted by Crippen LogP contribution is -2.47. The largest absolute Gasteiger partial charge is 0.374 e. The first-order chi connectivity index (χ1) is 9.74. The van der Waals surface area contributed by atoms with Crippen LogP contribution in [0.1, 0.15) is 30.4 Å². The first-order valence-corrected chi connectivity index (χ1v) is 7.58. The zero-order valence-electron chi connectivity index (χ0n) is 12.1. The maximum absolute atomic E-state index is 11.7. The van der Waals surface area contributed by atoms with Crippen molar-refractivity contribution in [1.29, 1.82) is 0 Å². The maximum Gasteiger partial charge on any atom is 0.237 e. The molecule has 2 N–H and O–H groups in total. The number of hydrogen-bond acceptors (Lipinski definition) is 3. The van der Waals surface area contributed by atoms with Crippen LogP contribution in [0.2, 0.25) is 0 Å². The second-order valence-electron chi connectivity index (χ2n) is 5.85. The molecule has 0 saturated carbocycles. The van der Waals surface area contributed by atoms with Gasteiger partial charge in [-0.2, -0.15) is 0 Å². The normalized spacial score (nSPS) is 22.4. The van der Waals surface area contributed by atoms with E-state index in [0.29, 0.717) is 0 Å². The zero-order valence-corrected chi connectivity index (χ0v) is 12.1. The Morgan fingerprint density at radius 1 is 1.40 bits per heavy atom. The highest BCUT2D eigenvalue weighted by molar-refractivity contribution is 5.82. The van der Waals surface area contributed by atoms with Crippen molar-refractivity contribution in [2.75, 3.05) is 25.0 Å². The van der Waals surface area contributed by atoms with Crippen molar-refractivity contribution in [1.82, 2.24) is 10.6 Å². The molecule has 1 atom stereocenters. The topological polar surface area (TPSA) is 44.4 Å². The van der Waals surface area contributed by atoms with Gasteiger partial charge in [-0.15, -0.1) is 0 Å². The van der Waals surface area contributed by atoms with Crippen LogP contribution in [0.25, 0.3) is 0 Å². The number of fused-ring (bicyclic) bond motifs is 1. The van der Waals surface area contributed by atoms with Gasteiger partial charge in [-0.1, -0.05) is 12.1 Å². The minimum absolute atomic E-state index is 0.0255. The molecular weight excluding hydrogens is 250 g/mol. The van der Waals surface area contributed by atoms with Gasteiger partial charge in [-0.25, -0.2) is 0 Å². The molecule has 1 unspecified atom stereocenters. The number of benzene rings is 1. The highest BCUT2D eigenvalue weighted by Crippen LogP contribution is 2.26. The van der Waals surface area contributed by atoms with Gasteiger partial charge in [-0.3, -0.25) is 4.79 Å². The maximum atomic E-state index is 11.7. The van der Waals surface area contributed by atoms with E-state index < -0.39 is 0 Å². The average Bonchev–Trinajstić information content (AvgIpc) is 2.46. The van der Waals surface area contributed by atoms with Crippen LogP contribution < -0.4 is 15.5 Å². The van der Waals surface area contributed by atoms with Crippen molar-refractivity contribution in [3.05, 3.63) is 29.3 Å². The fourth-order valence-electron chi connectivity index (χ4n) is 3.16. The molecule has 3 rings (SSSR count). The Morgan fingerprint density at radius 3 is 3.15 bits per heavy atom. The molecule has 20 heavy (non-hydrogen) atoms. The van der Waals surface area contributed by atoms with E-state index in [9.17, 15) is 4.79 Å². The molecule has 1 amide bonds. The van der Waals surface area contributed by atoms with Gasteiger partial charge in [0.25, 0.3) is 0 Å². The molecule has 4 nitrogen and oxygen atoms in total. The number of nitrogens with one attached hydrogen (secondary N) is 2.